The molecule has 23 heavy (non-hydrogen) atoms. The fraction of sp³-hybridized carbons (Fsp3) is 0.0667. The Bertz CT molecular complexity index is 991. The molecule has 8 heteroatoms. The Morgan fingerprint density at radius 3 is 2.74 bits per heavy atom. The van der Waals surface area contributed by atoms with Crippen molar-refractivity contribution >= 4 is 32.8 Å². The molecular formula is C15H11N5O2S. The van der Waals surface area contributed by atoms with Gasteiger partial charge in [0.1, 0.15) is 0 Å². The molecule has 0 spiro atoms. The Balaban J connectivity index is 1.80. The number of nitrogens with zero attached hydrogens (tertiary/aromatic N) is 4. The predicted molar refractivity (Wildman–Crippen MR) is 86.1 cm³/mol. The van der Waals surface area contributed by atoms with E-state index in [1.807, 2.05) is 37.3 Å². The third-order valence-electron chi connectivity index (χ3n) is 3.51. The molecule has 3 heterocycles. The predicted octanol–water partition coefficient (Wildman–Crippen LogP) is 1.39. The summed E-state index contributed by atoms with van der Waals surface area (Å²) < 4.78 is 15.7. The van der Waals surface area contributed by atoms with Crippen molar-refractivity contribution in [3.05, 3.63) is 48.3 Å². The van der Waals surface area contributed by atoms with Crippen LogP contribution in [-0.2, 0) is 15.8 Å². The molecule has 114 valence electrons. The molecule has 0 fully saturated rings. The molecule has 1 aliphatic heterocycles. The van der Waals surface area contributed by atoms with Crippen LogP contribution in [0.15, 0.2) is 42.6 Å². The molecule has 2 aromatic heterocycles. The maximum Gasteiger partial charge on any atom is 0.258 e. The van der Waals surface area contributed by atoms with Crippen LogP contribution in [0, 0.1) is 6.92 Å². The molecule has 1 amide bonds. The van der Waals surface area contributed by atoms with Crippen molar-refractivity contribution in [3.8, 4) is 11.3 Å². The van der Waals surface area contributed by atoms with E-state index in [9.17, 15) is 9.00 Å². The van der Waals surface area contributed by atoms with Gasteiger partial charge in [-0.2, -0.15) is 15.3 Å². The van der Waals surface area contributed by atoms with Crippen molar-refractivity contribution in [3.63, 3.8) is 0 Å². The second kappa shape index (κ2) is 5.10. The lowest BCUT2D eigenvalue weighted by Crippen LogP contribution is -2.17. The van der Waals surface area contributed by atoms with E-state index in [0.717, 1.165) is 27.9 Å². The summed E-state index contributed by atoms with van der Waals surface area (Å²) in [6, 6.07) is 9.50. The minimum Gasteiger partial charge on any atom is -0.269 e. The van der Waals surface area contributed by atoms with Crippen molar-refractivity contribution in [1.82, 2.24) is 24.7 Å². The number of aromatic nitrogens is 4. The van der Waals surface area contributed by atoms with E-state index >= 15 is 0 Å². The highest BCUT2D eigenvalue weighted by Crippen LogP contribution is 2.25. The van der Waals surface area contributed by atoms with Crippen LogP contribution in [0.3, 0.4) is 0 Å². The first-order chi connectivity index (χ1) is 11.1. The highest BCUT2D eigenvalue weighted by Gasteiger charge is 2.23. The average Bonchev–Trinajstić information content (AvgIpc) is 3.10. The highest BCUT2D eigenvalue weighted by atomic mass is 32.2. The summed E-state index contributed by atoms with van der Waals surface area (Å²) in [6.45, 7) is 1.88. The number of nitrogens with one attached hydrogen (secondary N) is 1. The molecule has 0 bridgehead atoms. The van der Waals surface area contributed by atoms with Crippen molar-refractivity contribution < 1.29 is 9.00 Å². The van der Waals surface area contributed by atoms with Crippen LogP contribution in [-0.4, -0.2) is 30.1 Å². The number of fused-ring (bicyclic) bond motifs is 1. The first kappa shape index (κ1) is 13.8. The van der Waals surface area contributed by atoms with Gasteiger partial charge in [0.25, 0.3) is 5.91 Å². The molecule has 0 saturated carbocycles. The second-order valence-corrected chi connectivity index (χ2v) is 6.27. The number of rotatable bonds is 2. The van der Waals surface area contributed by atoms with Gasteiger partial charge in [-0.05, 0) is 31.2 Å². The second-order valence-electron chi connectivity index (χ2n) is 5.11. The lowest BCUT2D eigenvalue weighted by molar-refractivity contribution is -0.114. The fourth-order valence-corrected chi connectivity index (χ4v) is 3.26. The maximum absolute atomic E-state index is 11.9. The van der Waals surface area contributed by atoms with Gasteiger partial charge in [0.2, 0.25) is 0 Å². The molecule has 1 aliphatic rings. The number of aryl methyl sites for hydroxylation is 1. The van der Waals surface area contributed by atoms with Gasteiger partial charge < -0.3 is 0 Å². The van der Waals surface area contributed by atoms with E-state index in [2.05, 4.69) is 20.0 Å². The van der Waals surface area contributed by atoms with E-state index in [4.69, 9.17) is 0 Å². The number of carbonyl (C=O) groups is 1. The fourth-order valence-electron chi connectivity index (χ4n) is 2.40. The molecule has 3 aromatic rings. The van der Waals surface area contributed by atoms with Crippen LogP contribution in [0.5, 0.6) is 0 Å². The van der Waals surface area contributed by atoms with Gasteiger partial charge in [-0.15, -0.1) is 0 Å². The quantitative estimate of drug-likeness (QED) is 0.769. The number of amides is 1. The minimum atomic E-state index is -1.58. The normalized spacial score (nSPS) is 17.3. The summed E-state index contributed by atoms with van der Waals surface area (Å²) in [5, 5.41) is 13.7. The van der Waals surface area contributed by atoms with Gasteiger partial charge in [0.15, 0.2) is 16.0 Å². The Hall–Kier alpha value is -2.87. The van der Waals surface area contributed by atoms with Crippen LogP contribution in [0.2, 0.25) is 0 Å². The minimum absolute atomic E-state index is 0.327. The summed E-state index contributed by atoms with van der Waals surface area (Å²) in [5.74, 6) is -0.381. The van der Waals surface area contributed by atoms with Crippen molar-refractivity contribution in [2.75, 3.05) is 0 Å². The van der Waals surface area contributed by atoms with Gasteiger partial charge >= 0.3 is 0 Å². The van der Waals surface area contributed by atoms with Crippen molar-refractivity contribution in [2.45, 2.75) is 6.92 Å². The average molecular weight is 325 g/mol. The van der Waals surface area contributed by atoms with E-state index in [0.29, 0.717) is 5.03 Å². The smallest absolute Gasteiger partial charge is 0.258 e. The lowest BCUT2D eigenvalue weighted by Gasteiger charge is -2.04. The molecular weight excluding hydrogens is 314 g/mol. The first-order valence-electron chi connectivity index (χ1n) is 6.85. The molecule has 1 unspecified atom stereocenters. The Morgan fingerprint density at radius 1 is 1.17 bits per heavy atom. The summed E-state index contributed by atoms with van der Waals surface area (Å²) in [6.07, 6.45) is 2.96. The highest BCUT2D eigenvalue weighted by molar-refractivity contribution is 7.93. The topological polar surface area (TPSA) is 89.8 Å². The van der Waals surface area contributed by atoms with Crippen LogP contribution >= 0.6 is 0 Å². The van der Waals surface area contributed by atoms with Crippen LogP contribution in [0.25, 0.3) is 27.2 Å². The number of benzene rings is 1. The molecule has 1 atom stereocenters. The molecule has 7 nitrogen and oxygen atoms in total. The third kappa shape index (κ3) is 2.33. The van der Waals surface area contributed by atoms with E-state index in [1.54, 1.807) is 6.20 Å². The lowest BCUT2D eigenvalue weighted by atomic mass is 10.1. The number of carbonyl (C=O) groups excluding carboxylic acids is 1. The van der Waals surface area contributed by atoms with Gasteiger partial charge in [0.05, 0.1) is 23.1 Å². The largest absolute Gasteiger partial charge is 0.269 e. The van der Waals surface area contributed by atoms with Gasteiger partial charge in [-0.1, -0.05) is 6.07 Å². The Kier molecular flexibility index (Phi) is 3.05. The van der Waals surface area contributed by atoms with Crippen molar-refractivity contribution in [2.24, 2.45) is 0 Å². The standard InChI is InChI=1S/C15H11N5O2S/c1-9-2-4-12(18-17-9)10-3-5-13-11(6-10)8-16-20(13)15-7-14(21)19-23(15)22/h2-8H,1H3,(H,19,21). The zero-order valence-electron chi connectivity index (χ0n) is 12.1. The molecule has 0 aliphatic carbocycles. The molecule has 0 radical (unpaired) electrons. The van der Waals surface area contributed by atoms with Crippen LogP contribution in [0.4, 0.5) is 0 Å². The zero-order chi connectivity index (χ0) is 16.0. The zero-order valence-corrected chi connectivity index (χ0v) is 12.9. The summed E-state index contributed by atoms with van der Waals surface area (Å²) in [4.78, 5) is 11.3. The van der Waals surface area contributed by atoms with Gasteiger partial charge in [0, 0.05) is 17.0 Å². The molecule has 4 rings (SSSR count). The van der Waals surface area contributed by atoms with E-state index < -0.39 is 11.0 Å². The van der Waals surface area contributed by atoms with E-state index in [1.165, 1.54) is 10.8 Å². The van der Waals surface area contributed by atoms with Gasteiger partial charge in [-0.25, -0.2) is 8.89 Å². The van der Waals surface area contributed by atoms with Crippen LogP contribution < -0.4 is 4.72 Å². The molecule has 1 aromatic carbocycles. The number of hydrogen-bond acceptors (Lipinski definition) is 5. The van der Waals surface area contributed by atoms with Crippen molar-refractivity contribution in [1.29, 1.82) is 0 Å². The monoisotopic (exact) mass is 325 g/mol. The third-order valence-corrected chi connectivity index (χ3v) is 4.57. The summed E-state index contributed by atoms with van der Waals surface area (Å²) >= 11 is 0. The van der Waals surface area contributed by atoms with Gasteiger partial charge in [-0.3, -0.25) is 9.52 Å². The molecule has 1 N–H and O–H groups in total. The van der Waals surface area contributed by atoms with Crippen LogP contribution in [0.1, 0.15) is 5.69 Å². The molecule has 0 saturated heterocycles. The number of hydrogen-bond donors (Lipinski definition) is 1. The SMILES string of the molecule is Cc1ccc(-c2ccc3c(cnn3C3=CC(=O)NS3=O)c2)nn1. The Morgan fingerprint density at radius 2 is 2.04 bits per heavy atom. The summed E-state index contributed by atoms with van der Waals surface area (Å²) in [7, 11) is -1.58. The van der Waals surface area contributed by atoms with E-state index in [-0.39, 0.29) is 5.91 Å². The first-order valence-corrected chi connectivity index (χ1v) is 8.00. The Labute approximate surface area is 133 Å². The maximum atomic E-state index is 11.9. The summed E-state index contributed by atoms with van der Waals surface area (Å²) in [5.41, 5.74) is 3.31.